The number of nitrogens with zero attached hydrogens (tertiary/aromatic N) is 3. The van der Waals surface area contributed by atoms with E-state index in [0.717, 1.165) is 44.3 Å². The normalized spacial score (nSPS) is 15.1. The van der Waals surface area contributed by atoms with Crippen LogP contribution in [0.2, 0.25) is 0 Å². The Labute approximate surface area is 198 Å². The van der Waals surface area contributed by atoms with Crippen molar-refractivity contribution < 1.29 is 9.59 Å². The van der Waals surface area contributed by atoms with Crippen molar-refractivity contribution in [2.45, 2.75) is 84.5 Å². The number of urea groups is 1. The van der Waals surface area contributed by atoms with E-state index in [1.54, 1.807) is 4.90 Å². The number of carbonyl (C=O) groups excluding carboxylic acids is 2. The molecule has 2 aromatic rings. The molecule has 1 aromatic carbocycles. The van der Waals surface area contributed by atoms with E-state index in [4.69, 9.17) is 0 Å². The Morgan fingerprint density at radius 1 is 1.06 bits per heavy atom. The lowest BCUT2D eigenvalue weighted by Gasteiger charge is -2.37. The first-order valence-corrected chi connectivity index (χ1v) is 12.5. The van der Waals surface area contributed by atoms with Crippen LogP contribution in [-0.2, 0) is 17.9 Å². The number of amides is 3. The molecule has 0 spiro atoms. The van der Waals surface area contributed by atoms with Crippen molar-refractivity contribution in [1.82, 2.24) is 19.7 Å². The Hall–Kier alpha value is -2.76. The Bertz CT molecular complexity index is 873. The van der Waals surface area contributed by atoms with Gasteiger partial charge in [-0.25, -0.2) is 4.79 Å². The largest absolute Gasteiger partial charge is 0.345 e. The molecule has 6 heteroatoms. The second-order valence-electron chi connectivity index (χ2n) is 9.15. The van der Waals surface area contributed by atoms with E-state index in [1.807, 2.05) is 24.8 Å². The van der Waals surface area contributed by atoms with Crippen LogP contribution in [0.15, 0.2) is 48.7 Å². The van der Waals surface area contributed by atoms with Gasteiger partial charge < -0.3 is 19.7 Å². The van der Waals surface area contributed by atoms with Gasteiger partial charge >= 0.3 is 6.03 Å². The summed E-state index contributed by atoms with van der Waals surface area (Å²) in [7, 11) is 0. The molecule has 1 aliphatic carbocycles. The third-order valence-electron chi connectivity index (χ3n) is 6.80. The van der Waals surface area contributed by atoms with Gasteiger partial charge in [0.2, 0.25) is 5.91 Å². The highest BCUT2D eigenvalue weighted by atomic mass is 16.2. The molecular weight excluding hydrogens is 412 g/mol. The molecule has 1 aliphatic rings. The lowest BCUT2D eigenvalue weighted by atomic mass is 9.94. The molecule has 1 atom stereocenters. The fourth-order valence-electron chi connectivity index (χ4n) is 4.65. The maximum atomic E-state index is 13.7. The van der Waals surface area contributed by atoms with Crippen molar-refractivity contribution in [1.29, 1.82) is 0 Å². The summed E-state index contributed by atoms with van der Waals surface area (Å²) in [6.07, 6.45) is 8.53. The van der Waals surface area contributed by atoms with Crippen LogP contribution in [0.4, 0.5) is 4.79 Å². The molecule has 1 saturated carbocycles. The molecule has 1 fully saturated rings. The molecule has 1 unspecified atom stereocenters. The number of carbonyl (C=O) groups is 2. The lowest BCUT2D eigenvalue weighted by Crippen LogP contribution is -2.52. The van der Waals surface area contributed by atoms with Gasteiger partial charge in [-0.2, -0.15) is 0 Å². The molecule has 3 rings (SSSR count). The second kappa shape index (κ2) is 12.5. The first-order chi connectivity index (χ1) is 16.0. The van der Waals surface area contributed by atoms with E-state index in [0.29, 0.717) is 13.1 Å². The minimum absolute atomic E-state index is 0.00986. The topological polar surface area (TPSA) is 57.6 Å². The van der Waals surface area contributed by atoms with E-state index < -0.39 is 0 Å². The summed E-state index contributed by atoms with van der Waals surface area (Å²) in [6, 6.07) is 14.7. The predicted octanol–water partition coefficient (Wildman–Crippen LogP) is 5.03. The van der Waals surface area contributed by atoms with Crippen LogP contribution in [0.3, 0.4) is 0 Å². The van der Waals surface area contributed by atoms with Gasteiger partial charge in [0.15, 0.2) is 0 Å². The fraction of sp³-hybridized carbons (Fsp3) is 0.556. The zero-order valence-corrected chi connectivity index (χ0v) is 20.5. The Kier molecular flexibility index (Phi) is 9.40. The van der Waals surface area contributed by atoms with Gasteiger partial charge in [-0.3, -0.25) is 4.79 Å². The van der Waals surface area contributed by atoms with Crippen LogP contribution in [0.1, 0.15) is 70.6 Å². The SMILES string of the molecule is CCNC(=O)N(CC(=O)N(Cc1cccn1Cc1ccccc1)C1CCCCC1)C(C)CC. The van der Waals surface area contributed by atoms with E-state index in [2.05, 4.69) is 59.4 Å². The molecular formula is C27H40N4O2. The summed E-state index contributed by atoms with van der Waals surface area (Å²) in [5.74, 6) is 0.0425. The second-order valence-corrected chi connectivity index (χ2v) is 9.15. The minimum Gasteiger partial charge on any atom is -0.345 e. The number of hydrogen-bond donors (Lipinski definition) is 1. The maximum Gasteiger partial charge on any atom is 0.318 e. The molecule has 0 bridgehead atoms. The molecule has 3 amide bonds. The summed E-state index contributed by atoms with van der Waals surface area (Å²) < 4.78 is 2.23. The monoisotopic (exact) mass is 452 g/mol. The van der Waals surface area contributed by atoms with Crippen molar-refractivity contribution in [2.24, 2.45) is 0 Å². The standard InChI is InChI=1S/C27H40N4O2/c1-4-22(3)30(27(33)28-5-2)21-26(32)31(24-15-10-7-11-16-24)20-25-17-12-18-29(25)19-23-13-8-6-9-14-23/h6,8-9,12-14,17-18,22,24H,4-5,7,10-11,15-16,19-21H2,1-3H3,(H,28,33). The van der Waals surface area contributed by atoms with E-state index in [-0.39, 0.29) is 30.6 Å². The minimum atomic E-state index is -0.156. The number of benzene rings is 1. The fourth-order valence-corrected chi connectivity index (χ4v) is 4.65. The van der Waals surface area contributed by atoms with Crippen LogP contribution in [0.5, 0.6) is 0 Å². The predicted molar refractivity (Wildman–Crippen MR) is 133 cm³/mol. The Morgan fingerprint density at radius 3 is 2.45 bits per heavy atom. The third kappa shape index (κ3) is 6.86. The highest BCUT2D eigenvalue weighted by molar-refractivity contribution is 5.84. The number of nitrogens with one attached hydrogen (secondary N) is 1. The van der Waals surface area contributed by atoms with E-state index >= 15 is 0 Å². The number of rotatable bonds is 10. The van der Waals surface area contributed by atoms with Gasteiger partial charge in [0.25, 0.3) is 0 Å². The Morgan fingerprint density at radius 2 is 1.79 bits per heavy atom. The number of aromatic nitrogens is 1. The van der Waals surface area contributed by atoms with Gasteiger partial charge in [0.05, 0.1) is 6.54 Å². The van der Waals surface area contributed by atoms with Crippen LogP contribution in [-0.4, -0.2) is 51.5 Å². The molecule has 33 heavy (non-hydrogen) atoms. The summed E-state index contributed by atoms with van der Waals surface area (Å²) in [5, 5.41) is 2.88. The molecule has 0 radical (unpaired) electrons. The van der Waals surface area contributed by atoms with Gasteiger partial charge in [-0.1, -0.05) is 56.5 Å². The Balaban J connectivity index is 1.80. The highest BCUT2D eigenvalue weighted by Crippen LogP contribution is 2.25. The quantitative estimate of drug-likeness (QED) is 0.550. The summed E-state index contributed by atoms with van der Waals surface area (Å²) in [6.45, 7) is 8.01. The average molecular weight is 453 g/mol. The zero-order valence-electron chi connectivity index (χ0n) is 20.5. The summed E-state index contributed by atoms with van der Waals surface area (Å²) >= 11 is 0. The molecule has 6 nitrogen and oxygen atoms in total. The molecule has 0 saturated heterocycles. The van der Waals surface area contributed by atoms with Crippen LogP contribution in [0.25, 0.3) is 0 Å². The van der Waals surface area contributed by atoms with Crippen molar-refractivity contribution in [3.05, 3.63) is 59.9 Å². The number of hydrogen-bond acceptors (Lipinski definition) is 2. The van der Waals surface area contributed by atoms with Crippen molar-refractivity contribution in [2.75, 3.05) is 13.1 Å². The van der Waals surface area contributed by atoms with Gasteiger partial charge in [-0.15, -0.1) is 0 Å². The highest BCUT2D eigenvalue weighted by Gasteiger charge is 2.30. The first-order valence-electron chi connectivity index (χ1n) is 12.5. The maximum absolute atomic E-state index is 13.7. The summed E-state index contributed by atoms with van der Waals surface area (Å²) in [4.78, 5) is 30.1. The molecule has 180 valence electrons. The third-order valence-corrected chi connectivity index (χ3v) is 6.80. The van der Waals surface area contributed by atoms with Crippen molar-refractivity contribution in [3.63, 3.8) is 0 Å². The van der Waals surface area contributed by atoms with Crippen LogP contribution in [0, 0.1) is 0 Å². The first kappa shape index (κ1) is 24.9. The summed E-state index contributed by atoms with van der Waals surface area (Å²) in [5.41, 5.74) is 2.37. The van der Waals surface area contributed by atoms with Crippen molar-refractivity contribution in [3.8, 4) is 0 Å². The zero-order chi connectivity index (χ0) is 23.6. The molecule has 1 N–H and O–H groups in total. The van der Waals surface area contributed by atoms with Gasteiger partial charge in [0.1, 0.15) is 6.54 Å². The van der Waals surface area contributed by atoms with Gasteiger partial charge in [0, 0.05) is 37.1 Å². The van der Waals surface area contributed by atoms with Crippen LogP contribution >= 0.6 is 0 Å². The lowest BCUT2D eigenvalue weighted by molar-refractivity contribution is -0.136. The molecule has 1 aromatic heterocycles. The molecule has 0 aliphatic heterocycles. The smallest absolute Gasteiger partial charge is 0.318 e. The van der Waals surface area contributed by atoms with E-state index in [1.165, 1.54) is 12.0 Å². The molecule has 1 heterocycles. The average Bonchev–Trinajstić information content (AvgIpc) is 3.28. The van der Waals surface area contributed by atoms with E-state index in [9.17, 15) is 9.59 Å². The van der Waals surface area contributed by atoms with Crippen LogP contribution < -0.4 is 5.32 Å². The van der Waals surface area contributed by atoms with Gasteiger partial charge in [-0.05, 0) is 50.8 Å². The van der Waals surface area contributed by atoms with Crippen molar-refractivity contribution >= 4 is 11.9 Å².